The number of hydrogen-bond acceptors (Lipinski definition) is 5. The Morgan fingerprint density at radius 2 is 1.85 bits per heavy atom. The highest BCUT2D eigenvalue weighted by Crippen LogP contribution is 2.36. The van der Waals surface area contributed by atoms with E-state index in [4.69, 9.17) is 9.47 Å². The Kier molecular flexibility index (Phi) is 7.19. The third kappa shape index (κ3) is 5.31. The fourth-order valence-electron chi connectivity index (χ4n) is 4.02. The van der Waals surface area contributed by atoms with Gasteiger partial charge < -0.3 is 19.7 Å². The number of carbonyl (C=O) groups is 2. The number of rotatable bonds is 9. The number of benzene rings is 2. The van der Waals surface area contributed by atoms with Crippen LogP contribution in [0, 0.1) is 0 Å². The number of carbonyl (C=O) groups excluding carboxylic acids is 2. The first-order chi connectivity index (χ1) is 16.2. The zero-order chi connectivity index (χ0) is 23.0. The van der Waals surface area contributed by atoms with Crippen LogP contribution in [0.1, 0.15) is 39.8 Å². The van der Waals surface area contributed by atoms with Crippen molar-refractivity contribution < 1.29 is 19.1 Å². The van der Waals surface area contributed by atoms with Gasteiger partial charge in [-0.3, -0.25) is 14.6 Å². The molecular formula is C26H27N3O4. The van der Waals surface area contributed by atoms with Crippen LogP contribution in [0.15, 0.2) is 72.9 Å². The molecule has 0 saturated heterocycles. The van der Waals surface area contributed by atoms with Gasteiger partial charge in [0.05, 0.1) is 5.56 Å². The molecule has 0 aliphatic carbocycles. The average molecular weight is 446 g/mol. The molecule has 0 bridgehead atoms. The Bertz CT molecular complexity index is 1090. The van der Waals surface area contributed by atoms with E-state index in [9.17, 15) is 9.59 Å². The van der Waals surface area contributed by atoms with E-state index in [2.05, 4.69) is 22.4 Å². The van der Waals surface area contributed by atoms with Crippen LogP contribution >= 0.6 is 0 Å². The molecule has 0 radical (unpaired) electrons. The van der Waals surface area contributed by atoms with Gasteiger partial charge in [-0.1, -0.05) is 42.5 Å². The molecule has 1 aliphatic heterocycles. The van der Waals surface area contributed by atoms with Crippen LogP contribution in [0.3, 0.4) is 0 Å². The van der Waals surface area contributed by atoms with Crippen molar-refractivity contribution >= 4 is 11.8 Å². The summed E-state index contributed by atoms with van der Waals surface area (Å²) in [6.45, 7) is 3.01. The number of pyridine rings is 1. The zero-order valence-electron chi connectivity index (χ0n) is 18.6. The van der Waals surface area contributed by atoms with Crippen molar-refractivity contribution in [1.29, 1.82) is 0 Å². The molecule has 0 saturated carbocycles. The first kappa shape index (κ1) is 22.3. The normalized spacial score (nSPS) is 12.8. The molecule has 1 aliphatic rings. The number of para-hydroxylation sites is 1. The molecule has 0 fully saturated rings. The number of ether oxygens (including phenoxy) is 2. The summed E-state index contributed by atoms with van der Waals surface area (Å²) in [6.07, 6.45) is 2.86. The molecule has 7 nitrogen and oxygen atoms in total. The Labute approximate surface area is 193 Å². The molecule has 2 heterocycles. The molecular weight excluding hydrogens is 418 g/mol. The van der Waals surface area contributed by atoms with Crippen LogP contribution in [0.4, 0.5) is 0 Å². The Morgan fingerprint density at radius 1 is 1.03 bits per heavy atom. The van der Waals surface area contributed by atoms with Crippen LogP contribution < -0.4 is 14.8 Å². The monoisotopic (exact) mass is 445 g/mol. The van der Waals surface area contributed by atoms with Crippen LogP contribution in [0.5, 0.6) is 11.5 Å². The van der Waals surface area contributed by atoms with E-state index in [1.54, 1.807) is 42.6 Å². The van der Waals surface area contributed by atoms with Gasteiger partial charge >= 0.3 is 0 Å². The van der Waals surface area contributed by atoms with Gasteiger partial charge in [-0.15, -0.1) is 0 Å². The minimum absolute atomic E-state index is 0.110. The smallest absolute Gasteiger partial charge is 0.269 e. The van der Waals surface area contributed by atoms with Gasteiger partial charge in [-0.2, -0.15) is 0 Å². The second-order valence-corrected chi connectivity index (χ2v) is 7.73. The molecule has 4 rings (SSSR count). The average Bonchev–Trinajstić information content (AvgIpc) is 3.34. The lowest BCUT2D eigenvalue weighted by atomic mass is 10.00. The molecule has 2 aromatic carbocycles. The van der Waals surface area contributed by atoms with E-state index in [1.165, 1.54) is 0 Å². The molecule has 170 valence electrons. The summed E-state index contributed by atoms with van der Waals surface area (Å²) in [5.41, 5.74) is 1.99. The molecule has 1 N–H and O–H groups in total. The molecule has 7 heteroatoms. The summed E-state index contributed by atoms with van der Waals surface area (Å²) >= 11 is 0. The third-order valence-electron chi connectivity index (χ3n) is 5.64. The van der Waals surface area contributed by atoms with Gasteiger partial charge in [0.15, 0.2) is 11.5 Å². The topological polar surface area (TPSA) is 80.8 Å². The molecule has 1 unspecified atom stereocenters. The van der Waals surface area contributed by atoms with Crippen LogP contribution in [-0.4, -0.2) is 47.6 Å². The SMILES string of the molecule is CCN(C(=O)c1cccc2c1OCO2)C(CCNC(=O)c1ccccn1)Cc1ccccc1. The van der Waals surface area contributed by atoms with Crippen molar-refractivity contribution in [2.75, 3.05) is 19.9 Å². The maximum atomic E-state index is 13.6. The van der Waals surface area contributed by atoms with E-state index >= 15 is 0 Å². The minimum Gasteiger partial charge on any atom is -0.454 e. The van der Waals surface area contributed by atoms with E-state index in [-0.39, 0.29) is 24.6 Å². The van der Waals surface area contributed by atoms with Crippen molar-refractivity contribution in [2.24, 2.45) is 0 Å². The van der Waals surface area contributed by atoms with E-state index in [0.29, 0.717) is 48.7 Å². The summed E-state index contributed by atoms with van der Waals surface area (Å²) < 4.78 is 11.0. The summed E-state index contributed by atoms with van der Waals surface area (Å²) in [5.74, 6) is 0.730. The maximum Gasteiger partial charge on any atom is 0.269 e. The molecule has 1 aromatic heterocycles. The number of nitrogens with one attached hydrogen (secondary N) is 1. The van der Waals surface area contributed by atoms with Gasteiger partial charge in [0, 0.05) is 25.3 Å². The second kappa shape index (κ2) is 10.6. The Hall–Kier alpha value is -3.87. The van der Waals surface area contributed by atoms with Crippen LogP contribution in [0.25, 0.3) is 0 Å². The van der Waals surface area contributed by atoms with E-state index < -0.39 is 0 Å². The van der Waals surface area contributed by atoms with Gasteiger partial charge in [-0.25, -0.2) is 0 Å². The third-order valence-corrected chi connectivity index (χ3v) is 5.64. The van der Waals surface area contributed by atoms with E-state index in [0.717, 1.165) is 5.56 Å². The number of amides is 2. The molecule has 3 aromatic rings. The standard InChI is InChI=1S/C26H27N3O4/c1-2-29(26(31)21-11-8-13-23-24(21)33-18-32-23)20(17-19-9-4-3-5-10-19)14-16-28-25(30)22-12-6-7-15-27-22/h3-13,15,20H,2,14,16-18H2,1H3,(H,28,30). The molecule has 2 amide bonds. The maximum absolute atomic E-state index is 13.6. The molecule has 33 heavy (non-hydrogen) atoms. The largest absolute Gasteiger partial charge is 0.454 e. The van der Waals surface area contributed by atoms with Gasteiger partial charge in [-0.05, 0) is 49.6 Å². The van der Waals surface area contributed by atoms with Gasteiger partial charge in [0.2, 0.25) is 6.79 Å². The van der Waals surface area contributed by atoms with Crippen molar-refractivity contribution in [3.8, 4) is 11.5 Å². The Balaban J connectivity index is 1.52. The highest BCUT2D eigenvalue weighted by Gasteiger charge is 2.29. The van der Waals surface area contributed by atoms with Crippen molar-refractivity contribution in [2.45, 2.75) is 25.8 Å². The summed E-state index contributed by atoms with van der Waals surface area (Å²) in [6, 6.07) is 20.5. The van der Waals surface area contributed by atoms with Crippen molar-refractivity contribution in [3.05, 3.63) is 89.7 Å². The quantitative estimate of drug-likeness (QED) is 0.543. The fourth-order valence-corrected chi connectivity index (χ4v) is 4.02. The molecule has 0 spiro atoms. The minimum atomic E-state index is -0.227. The molecule has 1 atom stereocenters. The number of likely N-dealkylation sites (N-methyl/N-ethyl adjacent to an activating group) is 1. The first-order valence-corrected chi connectivity index (χ1v) is 11.1. The summed E-state index contributed by atoms with van der Waals surface area (Å²) in [4.78, 5) is 31.9. The fraction of sp³-hybridized carbons (Fsp3) is 0.269. The number of hydrogen-bond donors (Lipinski definition) is 1. The highest BCUT2D eigenvalue weighted by molar-refractivity contribution is 5.98. The van der Waals surface area contributed by atoms with Crippen LogP contribution in [0.2, 0.25) is 0 Å². The predicted octanol–water partition coefficient (Wildman–Crippen LogP) is 3.70. The second-order valence-electron chi connectivity index (χ2n) is 7.73. The number of fused-ring (bicyclic) bond motifs is 1. The predicted molar refractivity (Wildman–Crippen MR) is 124 cm³/mol. The lowest BCUT2D eigenvalue weighted by Crippen LogP contribution is -2.43. The highest BCUT2D eigenvalue weighted by atomic mass is 16.7. The first-order valence-electron chi connectivity index (χ1n) is 11.1. The number of aromatic nitrogens is 1. The van der Waals surface area contributed by atoms with Crippen LogP contribution in [-0.2, 0) is 6.42 Å². The summed E-state index contributed by atoms with van der Waals surface area (Å²) in [7, 11) is 0. The number of nitrogens with zero attached hydrogens (tertiary/aromatic N) is 2. The van der Waals surface area contributed by atoms with Crippen molar-refractivity contribution in [3.63, 3.8) is 0 Å². The lowest BCUT2D eigenvalue weighted by Gasteiger charge is -2.31. The van der Waals surface area contributed by atoms with Gasteiger partial charge in [0.25, 0.3) is 11.8 Å². The Morgan fingerprint density at radius 3 is 2.61 bits per heavy atom. The zero-order valence-corrected chi connectivity index (χ0v) is 18.6. The lowest BCUT2D eigenvalue weighted by molar-refractivity contribution is 0.0674. The van der Waals surface area contributed by atoms with Crippen molar-refractivity contribution in [1.82, 2.24) is 15.2 Å². The van der Waals surface area contributed by atoms with E-state index in [1.807, 2.05) is 30.0 Å². The summed E-state index contributed by atoms with van der Waals surface area (Å²) in [5, 5.41) is 2.93. The van der Waals surface area contributed by atoms with Gasteiger partial charge in [0.1, 0.15) is 5.69 Å².